The molecule has 1 fully saturated rings. The molecule has 4 nitrogen and oxygen atoms in total. The summed E-state index contributed by atoms with van der Waals surface area (Å²) >= 11 is 0. The van der Waals surface area contributed by atoms with E-state index >= 15 is 0 Å². The van der Waals surface area contributed by atoms with Gasteiger partial charge in [-0.1, -0.05) is 19.9 Å². The molecule has 0 bridgehead atoms. The Morgan fingerprint density at radius 3 is 2.70 bits per heavy atom. The molecule has 0 N–H and O–H groups in total. The Labute approximate surface area is 117 Å². The average molecular weight is 274 g/mol. The summed E-state index contributed by atoms with van der Waals surface area (Å²) in [6.07, 6.45) is 3.32. The summed E-state index contributed by atoms with van der Waals surface area (Å²) in [7, 11) is -0.446. The molecule has 0 unspecified atom stereocenters. The van der Waals surface area contributed by atoms with Crippen molar-refractivity contribution < 1.29 is 13.7 Å². The van der Waals surface area contributed by atoms with Gasteiger partial charge in [-0.25, -0.2) is 9.07 Å². The second-order valence-corrected chi connectivity index (χ2v) is 5.78. The van der Waals surface area contributed by atoms with Gasteiger partial charge in [-0.05, 0) is 23.7 Å². The molecule has 0 saturated carbocycles. The van der Waals surface area contributed by atoms with E-state index in [2.05, 4.69) is 18.9 Å². The van der Waals surface area contributed by atoms with E-state index in [1.807, 2.05) is 0 Å². The van der Waals surface area contributed by atoms with Crippen molar-refractivity contribution in [2.24, 2.45) is 5.41 Å². The van der Waals surface area contributed by atoms with Crippen molar-refractivity contribution in [3.63, 3.8) is 0 Å². The minimum absolute atomic E-state index is 0.0152. The van der Waals surface area contributed by atoms with Crippen molar-refractivity contribution in [3.05, 3.63) is 42.5 Å². The van der Waals surface area contributed by atoms with Gasteiger partial charge in [-0.2, -0.15) is 5.10 Å². The van der Waals surface area contributed by atoms with Crippen LogP contribution in [0.2, 0.25) is 0 Å². The van der Waals surface area contributed by atoms with Gasteiger partial charge < -0.3 is 9.31 Å². The van der Waals surface area contributed by atoms with E-state index in [9.17, 15) is 4.39 Å². The van der Waals surface area contributed by atoms with Crippen LogP contribution in [0.25, 0.3) is 5.69 Å². The molecule has 0 aliphatic carbocycles. The van der Waals surface area contributed by atoms with Crippen molar-refractivity contribution in [1.82, 2.24) is 9.78 Å². The van der Waals surface area contributed by atoms with E-state index in [1.54, 1.807) is 30.6 Å². The largest absolute Gasteiger partial charge is 0.493 e. The van der Waals surface area contributed by atoms with E-state index < -0.39 is 7.12 Å². The maximum Gasteiger partial charge on any atom is 0.493 e. The van der Waals surface area contributed by atoms with Crippen molar-refractivity contribution >= 4 is 12.6 Å². The fourth-order valence-electron chi connectivity index (χ4n) is 2.15. The van der Waals surface area contributed by atoms with Crippen molar-refractivity contribution in [2.75, 3.05) is 13.2 Å². The summed E-state index contributed by atoms with van der Waals surface area (Å²) < 4.78 is 26.8. The zero-order valence-corrected chi connectivity index (χ0v) is 11.5. The van der Waals surface area contributed by atoms with Crippen LogP contribution in [-0.4, -0.2) is 30.1 Å². The molecule has 1 aromatic heterocycles. The Balaban J connectivity index is 1.87. The predicted octanol–water partition coefficient (Wildman–Crippen LogP) is 1.78. The molecular weight excluding hydrogens is 258 g/mol. The zero-order valence-electron chi connectivity index (χ0n) is 11.5. The van der Waals surface area contributed by atoms with Gasteiger partial charge in [0.05, 0.1) is 5.69 Å². The van der Waals surface area contributed by atoms with Gasteiger partial charge in [-0.3, -0.25) is 0 Å². The standard InChI is InChI=1S/C14H16BFN2O2/c1-14(2)9-19-15(20-10-14)11-4-5-12(16)13(8-11)18-7-3-6-17-18/h3-8H,9-10H2,1-2H3. The molecule has 20 heavy (non-hydrogen) atoms. The molecule has 0 radical (unpaired) electrons. The first kappa shape index (κ1) is 13.3. The number of nitrogens with zero attached hydrogens (tertiary/aromatic N) is 2. The molecule has 1 aliphatic rings. The first-order chi connectivity index (χ1) is 9.55. The van der Waals surface area contributed by atoms with Gasteiger partial charge >= 0.3 is 7.12 Å². The Morgan fingerprint density at radius 2 is 2.05 bits per heavy atom. The third-order valence-electron chi connectivity index (χ3n) is 3.24. The summed E-state index contributed by atoms with van der Waals surface area (Å²) in [5.74, 6) is -0.325. The number of rotatable bonds is 2. The fraction of sp³-hybridized carbons (Fsp3) is 0.357. The molecular formula is C14H16BFN2O2. The van der Waals surface area contributed by atoms with Crippen LogP contribution in [0.5, 0.6) is 0 Å². The molecule has 104 valence electrons. The summed E-state index contributed by atoms with van der Waals surface area (Å²) in [6.45, 7) is 5.41. The Morgan fingerprint density at radius 1 is 1.30 bits per heavy atom. The summed E-state index contributed by atoms with van der Waals surface area (Å²) in [5, 5.41) is 4.05. The van der Waals surface area contributed by atoms with E-state index in [0.717, 1.165) is 5.46 Å². The maximum atomic E-state index is 13.9. The fourth-order valence-corrected chi connectivity index (χ4v) is 2.15. The monoisotopic (exact) mass is 274 g/mol. The minimum atomic E-state index is -0.446. The van der Waals surface area contributed by atoms with E-state index in [0.29, 0.717) is 18.9 Å². The van der Waals surface area contributed by atoms with Crippen LogP contribution in [0, 0.1) is 11.2 Å². The molecule has 1 aliphatic heterocycles. The lowest BCUT2D eigenvalue weighted by Crippen LogP contribution is -2.47. The quantitative estimate of drug-likeness (QED) is 0.783. The van der Waals surface area contributed by atoms with Crippen LogP contribution < -0.4 is 5.46 Å². The van der Waals surface area contributed by atoms with Crippen LogP contribution in [0.3, 0.4) is 0 Å². The van der Waals surface area contributed by atoms with E-state index in [-0.39, 0.29) is 11.2 Å². The molecule has 2 aromatic rings. The number of hydrogen-bond donors (Lipinski definition) is 0. The first-order valence-electron chi connectivity index (χ1n) is 6.58. The van der Waals surface area contributed by atoms with Crippen LogP contribution in [0.1, 0.15) is 13.8 Å². The SMILES string of the molecule is CC1(C)COB(c2ccc(F)c(-n3cccn3)c2)OC1. The van der Waals surface area contributed by atoms with Crippen LogP contribution in [-0.2, 0) is 9.31 Å². The van der Waals surface area contributed by atoms with Gasteiger partial charge in [0.2, 0.25) is 0 Å². The molecule has 0 amide bonds. The third-order valence-corrected chi connectivity index (χ3v) is 3.24. The van der Waals surface area contributed by atoms with Crippen molar-refractivity contribution in [3.8, 4) is 5.69 Å². The lowest BCUT2D eigenvalue weighted by molar-refractivity contribution is 0.0343. The smallest absolute Gasteiger partial charge is 0.407 e. The maximum absolute atomic E-state index is 13.9. The normalized spacial score (nSPS) is 18.2. The van der Waals surface area contributed by atoms with E-state index in [4.69, 9.17) is 9.31 Å². The second-order valence-electron chi connectivity index (χ2n) is 5.78. The Hall–Kier alpha value is -1.66. The molecule has 3 rings (SSSR count). The Bertz CT molecular complexity index is 591. The molecule has 2 heterocycles. The summed E-state index contributed by atoms with van der Waals surface area (Å²) in [4.78, 5) is 0. The number of hydrogen-bond acceptors (Lipinski definition) is 3. The van der Waals surface area contributed by atoms with Gasteiger partial charge in [0, 0.05) is 31.0 Å². The van der Waals surface area contributed by atoms with Gasteiger partial charge in [0.25, 0.3) is 0 Å². The minimum Gasteiger partial charge on any atom is -0.407 e. The van der Waals surface area contributed by atoms with Crippen LogP contribution in [0.15, 0.2) is 36.7 Å². The van der Waals surface area contributed by atoms with Gasteiger partial charge in [0.15, 0.2) is 0 Å². The number of aromatic nitrogens is 2. The van der Waals surface area contributed by atoms with Crippen molar-refractivity contribution in [2.45, 2.75) is 13.8 Å². The van der Waals surface area contributed by atoms with E-state index in [1.165, 1.54) is 10.7 Å². The topological polar surface area (TPSA) is 36.3 Å². The van der Waals surface area contributed by atoms with Gasteiger partial charge in [-0.15, -0.1) is 0 Å². The highest BCUT2D eigenvalue weighted by atomic mass is 19.1. The highest BCUT2D eigenvalue weighted by Crippen LogP contribution is 2.22. The average Bonchev–Trinajstić information content (AvgIpc) is 2.93. The molecule has 6 heteroatoms. The second kappa shape index (κ2) is 5.03. The number of halogens is 1. The highest BCUT2D eigenvalue weighted by Gasteiger charge is 2.33. The third kappa shape index (κ3) is 2.62. The number of benzene rings is 1. The van der Waals surface area contributed by atoms with Crippen molar-refractivity contribution in [1.29, 1.82) is 0 Å². The molecule has 1 aromatic carbocycles. The Kier molecular flexibility index (Phi) is 3.35. The molecule has 1 saturated heterocycles. The lowest BCUT2D eigenvalue weighted by atomic mass is 9.76. The van der Waals surface area contributed by atoms with Gasteiger partial charge in [0.1, 0.15) is 5.82 Å². The predicted molar refractivity (Wildman–Crippen MR) is 74.6 cm³/mol. The highest BCUT2D eigenvalue weighted by molar-refractivity contribution is 6.61. The zero-order chi connectivity index (χ0) is 14.2. The summed E-state index contributed by atoms with van der Waals surface area (Å²) in [6, 6.07) is 6.57. The molecule has 0 spiro atoms. The van der Waals surface area contributed by atoms with Crippen LogP contribution >= 0.6 is 0 Å². The lowest BCUT2D eigenvalue weighted by Gasteiger charge is -2.33. The molecule has 0 atom stereocenters. The van der Waals surface area contributed by atoms with Crippen LogP contribution in [0.4, 0.5) is 4.39 Å². The first-order valence-corrected chi connectivity index (χ1v) is 6.58. The summed E-state index contributed by atoms with van der Waals surface area (Å²) in [5.41, 5.74) is 1.21.